The van der Waals surface area contributed by atoms with Crippen LogP contribution in [0.4, 0.5) is 0 Å². The molecule has 1 atom stereocenters. The highest BCUT2D eigenvalue weighted by molar-refractivity contribution is 7.98. The zero-order valence-corrected chi connectivity index (χ0v) is 15.2. The summed E-state index contributed by atoms with van der Waals surface area (Å²) in [6, 6.07) is 14.6. The molecule has 3 aromatic rings. The first-order valence-electron chi connectivity index (χ1n) is 7.52. The van der Waals surface area contributed by atoms with E-state index < -0.39 is 12.1 Å². The average molecular weight is 375 g/mol. The van der Waals surface area contributed by atoms with E-state index in [1.165, 1.54) is 11.8 Å². The van der Waals surface area contributed by atoms with Crippen molar-refractivity contribution in [1.29, 1.82) is 0 Å². The second kappa shape index (κ2) is 7.72. The molecule has 3 rings (SSSR count). The molecule has 0 radical (unpaired) electrons. The number of carbonyl (C=O) groups excluding carboxylic acids is 1. The second-order valence-corrected chi connectivity index (χ2v) is 6.49. The van der Waals surface area contributed by atoms with Gasteiger partial charge >= 0.3 is 5.97 Å². The molecule has 128 valence electrons. The monoisotopic (exact) mass is 374 g/mol. The maximum atomic E-state index is 12.4. The minimum atomic E-state index is -0.688. The highest BCUT2D eigenvalue weighted by Crippen LogP contribution is 2.27. The molecular formula is C18H15ClN2O3S. The quantitative estimate of drug-likeness (QED) is 0.461. The van der Waals surface area contributed by atoms with Gasteiger partial charge in [0.1, 0.15) is 0 Å². The molecule has 5 nitrogen and oxygen atoms in total. The minimum absolute atomic E-state index is 0.226. The summed E-state index contributed by atoms with van der Waals surface area (Å²) in [5.74, 6) is 0.0677. The van der Waals surface area contributed by atoms with Crippen LogP contribution in [0.3, 0.4) is 0 Å². The van der Waals surface area contributed by atoms with E-state index in [1.54, 1.807) is 19.1 Å². The molecule has 0 aliphatic heterocycles. The number of hydrogen-bond acceptors (Lipinski definition) is 6. The van der Waals surface area contributed by atoms with Crippen LogP contribution in [0.2, 0.25) is 5.02 Å². The Labute approximate surface area is 154 Å². The first-order valence-corrected chi connectivity index (χ1v) is 9.12. The lowest BCUT2D eigenvalue weighted by molar-refractivity contribution is 0.0280. The second-order valence-electron chi connectivity index (χ2n) is 5.20. The van der Waals surface area contributed by atoms with Crippen molar-refractivity contribution < 1.29 is 13.9 Å². The number of aromatic nitrogens is 2. The van der Waals surface area contributed by atoms with E-state index in [2.05, 4.69) is 10.2 Å². The van der Waals surface area contributed by atoms with Crippen molar-refractivity contribution in [2.24, 2.45) is 0 Å². The molecule has 1 aromatic heterocycles. The fraction of sp³-hybridized carbons (Fsp3) is 0.167. The molecule has 0 saturated carbocycles. The topological polar surface area (TPSA) is 65.2 Å². The molecule has 25 heavy (non-hydrogen) atoms. The molecule has 0 unspecified atom stereocenters. The van der Waals surface area contributed by atoms with Crippen LogP contribution < -0.4 is 0 Å². The Kier molecular flexibility index (Phi) is 5.40. The summed E-state index contributed by atoms with van der Waals surface area (Å²) in [6.45, 7) is 1.67. The highest BCUT2D eigenvalue weighted by Gasteiger charge is 2.21. The van der Waals surface area contributed by atoms with Crippen molar-refractivity contribution in [2.75, 3.05) is 6.26 Å². The lowest BCUT2D eigenvalue weighted by atomic mass is 10.2. The lowest BCUT2D eigenvalue weighted by Crippen LogP contribution is -2.10. The highest BCUT2D eigenvalue weighted by atomic mass is 35.5. The van der Waals surface area contributed by atoms with Crippen LogP contribution in [-0.2, 0) is 4.74 Å². The van der Waals surface area contributed by atoms with Gasteiger partial charge in [-0.2, -0.15) is 0 Å². The molecule has 0 saturated heterocycles. The molecule has 7 heteroatoms. The molecule has 0 aliphatic rings. The van der Waals surface area contributed by atoms with E-state index in [-0.39, 0.29) is 5.89 Å². The van der Waals surface area contributed by atoms with Gasteiger partial charge in [0.05, 0.1) is 10.6 Å². The fourth-order valence-electron chi connectivity index (χ4n) is 2.16. The zero-order chi connectivity index (χ0) is 17.8. The SMILES string of the molecule is CSc1ccc(Cl)c(C(=O)O[C@H](C)c2nnc(-c3ccccc3)o2)c1. The van der Waals surface area contributed by atoms with Crippen molar-refractivity contribution >= 4 is 29.3 Å². The third-order valence-electron chi connectivity index (χ3n) is 3.49. The Morgan fingerprint density at radius 2 is 1.96 bits per heavy atom. The van der Waals surface area contributed by atoms with Gasteiger partial charge in [0.2, 0.25) is 5.89 Å². The number of esters is 1. The van der Waals surface area contributed by atoms with E-state index in [0.717, 1.165) is 10.5 Å². The summed E-state index contributed by atoms with van der Waals surface area (Å²) in [6.07, 6.45) is 1.23. The largest absolute Gasteiger partial charge is 0.449 e. The van der Waals surface area contributed by atoms with Crippen LogP contribution >= 0.6 is 23.4 Å². The number of benzene rings is 2. The number of halogens is 1. The molecule has 1 heterocycles. The van der Waals surface area contributed by atoms with Crippen LogP contribution in [0.1, 0.15) is 29.3 Å². The van der Waals surface area contributed by atoms with E-state index in [4.69, 9.17) is 20.8 Å². The van der Waals surface area contributed by atoms with Gasteiger partial charge in [-0.25, -0.2) is 4.79 Å². The number of ether oxygens (including phenoxy) is 1. The van der Waals surface area contributed by atoms with E-state index in [1.807, 2.05) is 42.7 Å². The number of carbonyl (C=O) groups is 1. The summed E-state index contributed by atoms with van der Waals surface area (Å²) in [5.41, 5.74) is 1.11. The predicted molar refractivity (Wildman–Crippen MR) is 96.8 cm³/mol. The molecule has 0 aliphatic carbocycles. The predicted octanol–water partition coefficient (Wildman–Crippen LogP) is 5.03. The van der Waals surface area contributed by atoms with Crippen LogP contribution in [0.25, 0.3) is 11.5 Å². The van der Waals surface area contributed by atoms with Crippen LogP contribution in [0, 0.1) is 0 Å². The molecule has 0 N–H and O–H groups in total. The Morgan fingerprint density at radius 3 is 2.68 bits per heavy atom. The maximum Gasteiger partial charge on any atom is 0.340 e. The van der Waals surface area contributed by atoms with Crippen molar-refractivity contribution in [3.05, 3.63) is 65.0 Å². The summed E-state index contributed by atoms with van der Waals surface area (Å²) in [7, 11) is 0. The normalized spacial score (nSPS) is 12.0. The Morgan fingerprint density at radius 1 is 1.20 bits per heavy atom. The van der Waals surface area contributed by atoms with Gasteiger partial charge in [0, 0.05) is 10.5 Å². The van der Waals surface area contributed by atoms with E-state index in [0.29, 0.717) is 16.5 Å². The molecule has 2 aromatic carbocycles. The van der Waals surface area contributed by atoms with Crippen LogP contribution in [-0.4, -0.2) is 22.4 Å². The molecule has 0 fully saturated rings. The van der Waals surface area contributed by atoms with Gasteiger partial charge in [-0.1, -0.05) is 29.8 Å². The zero-order valence-electron chi connectivity index (χ0n) is 13.6. The van der Waals surface area contributed by atoms with E-state index in [9.17, 15) is 4.79 Å². The fourth-order valence-corrected chi connectivity index (χ4v) is 2.79. The molecule has 0 amide bonds. The lowest BCUT2D eigenvalue weighted by Gasteiger charge is -2.11. The number of hydrogen-bond donors (Lipinski definition) is 0. The Hall–Kier alpha value is -2.31. The van der Waals surface area contributed by atoms with Gasteiger partial charge in [0.25, 0.3) is 5.89 Å². The Bertz CT molecular complexity index is 883. The summed E-state index contributed by atoms with van der Waals surface area (Å²) < 4.78 is 11.0. The first-order chi connectivity index (χ1) is 12.1. The maximum absolute atomic E-state index is 12.4. The van der Waals surface area contributed by atoms with Gasteiger partial charge in [-0.3, -0.25) is 0 Å². The van der Waals surface area contributed by atoms with E-state index >= 15 is 0 Å². The number of thioether (sulfide) groups is 1. The van der Waals surface area contributed by atoms with Crippen LogP contribution in [0.15, 0.2) is 57.8 Å². The van der Waals surface area contributed by atoms with Crippen molar-refractivity contribution in [3.8, 4) is 11.5 Å². The van der Waals surface area contributed by atoms with Crippen molar-refractivity contribution in [2.45, 2.75) is 17.9 Å². The minimum Gasteiger partial charge on any atom is -0.449 e. The van der Waals surface area contributed by atoms with Gasteiger partial charge in [0.15, 0.2) is 6.10 Å². The van der Waals surface area contributed by atoms with Gasteiger partial charge < -0.3 is 9.15 Å². The van der Waals surface area contributed by atoms with Gasteiger partial charge in [-0.05, 0) is 43.5 Å². The summed E-state index contributed by atoms with van der Waals surface area (Å²) >= 11 is 7.62. The van der Waals surface area contributed by atoms with Crippen molar-refractivity contribution in [3.63, 3.8) is 0 Å². The standard InChI is InChI=1S/C18H15ClN2O3S/c1-11(16-20-21-17(24-16)12-6-4-3-5-7-12)23-18(22)14-10-13(25-2)8-9-15(14)19/h3-11H,1-2H3/t11-/m1/s1. The average Bonchev–Trinajstić information content (AvgIpc) is 3.13. The Balaban J connectivity index is 1.75. The first kappa shape index (κ1) is 17.5. The number of nitrogens with zero attached hydrogens (tertiary/aromatic N) is 2. The summed E-state index contributed by atoms with van der Waals surface area (Å²) in [4.78, 5) is 13.3. The third-order valence-corrected chi connectivity index (χ3v) is 4.54. The smallest absolute Gasteiger partial charge is 0.340 e. The van der Waals surface area contributed by atoms with Crippen LogP contribution in [0.5, 0.6) is 0 Å². The molecule has 0 spiro atoms. The van der Waals surface area contributed by atoms with Crippen molar-refractivity contribution in [1.82, 2.24) is 10.2 Å². The van der Waals surface area contributed by atoms with Gasteiger partial charge in [-0.15, -0.1) is 22.0 Å². The molecule has 0 bridgehead atoms. The summed E-state index contributed by atoms with van der Waals surface area (Å²) in [5, 5.41) is 8.30. The third kappa shape index (κ3) is 4.03. The molecular weight excluding hydrogens is 360 g/mol. The number of rotatable bonds is 5.